The third-order valence-corrected chi connectivity index (χ3v) is 5.45. The van der Waals surface area contributed by atoms with E-state index in [9.17, 15) is 4.79 Å². The second kappa shape index (κ2) is 7.90. The number of nitrogens with zero attached hydrogens (tertiary/aromatic N) is 2. The highest BCUT2D eigenvalue weighted by Crippen LogP contribution is 2.26. The van der Waals surface area contributed by atoms with Crippen LogP contribution in [0.1, 0.15) is 6.92 Å². The highest BCUT2D eigenvalue weighted by Gasteiger charge is 2.28. The summed E-state index contributed by atoms with van der Waals surface area (Å²) < 4.78 is 0. The van der Waals surface area contributed by atoms with E-state index in [1.807, 2.05) is 54.4 Å². The molecule has 126 valence electrons. The number of amides is 1. The number of hydrogen-bond donors (Lipinski definition) is 0. The molecule has 0 saturated carbocycles. The lowest BCUT2D eigenvalue weighted by Gasteiger charge is -2.32. The summed E-state index contributed by atoms with van der Waals surface area (Å²) in [5.41, 5.74) is 0. The number of hydrogen-bond acceptors (Lipinski definition) is 3. The second-order valence-electron chi connectivity index (χ2n) is 5.77. The summed E-state index contributed by atoms with van der Waals surface area (Å²) in [7, 11) is 0. The summed E-state index contributed by atoms with van der Waals surface area (Å²) >= 11 is 7.49. The van der Waals surface area contributed by atoms with Gasteiger partial charge in [0.1, 0.15) is 13.1 Å². The van der Waals surface area contributed by atoms with Crippen LogP contribution in [-0.4, -0.2) is 42.2 Å². The highest BCUT2D eigenvalue weighted by molar-refractivity contribution is 8.00. The monoisotopic (exact) mass is 362 g/mol. The van der Waals surface area contributed by atoms with Gasteiger partial charge in [0.2, 0.25) is 5.91 Å². The minimum atomic E-state index is -0.0963. The van der Waals surface area contributed by atoms with Gasteiger partial charge in [0.25, 0.3) is 5.82 Å². The molecule has 1 aromatic carbocycles. The molecule has 1 N–H and O–H groups in total. The molecule has 6 heteroatoms. The Hall–Kier alpha value is -1.72. The molecule has 0 aliphatic carbocycles. The van der Waals surface area contributed by atoms with Crippen molar-refractivity contribution in [1.29, 1.82) is 0 Å². The molecule has 4 nitrogen and oxygen atoms in total. The Labute approximate surface area is 151 Å². The first-order valence-corrected chi connectivity index (χ1v) is 9.32. The molecule has 0 bridgehead atoms. The Bertz CT molecular complexity index is 672. The fourth-order valence-electron chi connectivity index (χ4n) is 2.77. The van der Waals surface area contributed by atoms with Gasteiger partial charge in [0.15, 0.2) is 0 Å². The lowest BCUT2D eigenvalue weighted by molar-refractivity contribution is -0.364. The van der Waals surface area contributed by atoms with Gasteiger partial charge in [0, 0.05) is 16.0 Å². The van der Waals surface area contributed by atoms with Crippen molar-refractivity contribution in [2.75, 3.05) is 31.1 Å². The van der Waals surface area contributed by atoms with E-state index < -0.39 is 0 Å². The SMILES string of the molecule is C[C@H](Sc1ccc(Cl)cc1)C(=O)N1CCN(c2cccc[nH+]2)CC1. The number of halogens is 1. The van der Waals surface area contributed by atoms with Crippen molar-refractivity contribution in [3.05, 3.63) is 53.7 Å². The fraction of sp³-hybridized carbons (Fsp3) is 0.333. The largest absolute Gasteiger partial charge is 0.334 e. The molecule has 1 aliphatic rings. The minimum absolute atomic E-state index is 0.0963. The standard InChI is InChI=1S/C18H20ClN3OS/c1-14(24-16-7-5-15(19)6-8-16)18(23)22-12-10-21(11-13-22)17-4-2-3-9-20-17/h2-9,14H,10-13H2,1H3/p+1/t14-/m0/s1. The normalized spacial score (nSPS) is 16.1. The maximum absolute atomic E-state index is 12.7. The van der Waals surface area contributed by atoms with Gasteiger partial charge in [-0.15, -0.1) is 11.8 Å². The molecule has 0 spiro atoms. The van der Waals surface area contributed by atoms with Crippen molar-refractivity contribution in [3.8, 4) is 0 Å². The first-order chi connectivity index (χ1) is 11.6. The van der Waals surface area contributed by atoms with Crippen LogP contribution in [0, 0.1) is 0 Å². The van der Waals surface area contributed by atoms with Gasteiger partial charge in [-0.1, -0.05) is 17.7 Å². The van der Waals surface area contributed by atoms with E-state index in [1.54, 1.807) is 11.8 Å². The van der Waals surface area contributed by atoms with Gasteiger partial charge in [-0.3, -0.25) is 9.69 Å². The average Bonchev–Trinajstić information content (AvgIpc) is 2.64. The number of rotatable bonds is 4. The van der Waals surface area contributed by atoms with Crippen LogP contribution >= 0.6 is 23.4 Å². The molecular formula is C18H21ClN3OS+. The number of H-pyrrole nitrogens is 1. The van der Waals surface area contributed by atoms with Crippen LogP contribution in [0.4, 0.5) is 5.82 Å². The minimum Gasteiger partial charge on any atom is -0.334 e. The Morgan fingerprint density at radius 2 is 1.83 bits per heavy atom. The van der Waals surface area contributed by atoms with Crippen LogP contribution in [0.3, 0.4) is 0 Å². The number of aromatic amines is 1. The van der Waals surface area contributed by atoms with E-state index in [2.05, 4.69) is 16.0 Å². The van der Waals surface area contributed by atoms with E-state index in [0.717, 1.165) is 36.9 Å². The molecule has 2 heterocycles. The van der Waals surface area contributed by atoms with Crippen molar-refractivity contribution in [1.82, 2.24) is 4.90 Å². The van der Waals surface area contributed by atoms with Crippen LogP contribution in [0.15, 0.2) is 53.6 Å². The van der Waals surface area contributed by atoms with Gasteiger partial charge in [-0.2, -0.15) is 0 Å². The van der Waals surface area contributed by atoms with Crippen molar-refractivity contribution in [2.24, 2.45) is 0 Å². The maximum Gasteiger partial charge on any atom is 0.274 e. The van der Waals surface area contributed by atoms with E-state index in [1.165, 1.54) is 0 Å². The summed E-state index contributed by atoms with van der Waals surface area (Å²) in [6, 6.07) is 13.7. The third-order valence-electron chi connectivity index (χ3n) is 4.10. The number of nitrogens with one attached hydrogen (secondary N) is 1. The Balaban J connectivity index is 1.53. The molecule has 3 rings (SSSR count). The number of benzene rings is 1. The molecule has 0 radical (unpaired) electrons. The van der Waals surface area contributed by atoms with Gasteiger partial charge in [-0.05, 0) is 37.3 Å². The summed E-state index contributed by atoms with van der Waals surface area (Å²) in [4.78, 5) is 21.2. The molecule has 1 fully saturated rings. The van der Waals surface area contributed by atoms with E-state index in [0.29, 0.717) is 5.02 Å². The fourth-order valence-corrected chi connectivity index (χ4v) is 3.85. The topological polar surface area (TPSA) is 37.7 Å². The zero-order valence-electron chi connectivity index (χ0n) is 13.6. The van der Waals surface area contributed by atoms with Gasteiger partial charge in [-0.25, -0.2) is 4.98 Å². The van der Waals surface area contributed by atoms with Crippen LogP contribution in [0.2, 0.25) is 5.02 Å². The molecule has 0 unspecified atom stereocenters. The number of carbonyl (C=O) groups excluding carboxylic acids is 1. The summed E-state index contributed by atoms with van der Waals surface area (Å²) in [6.07, 6.45) is 1.93. The van der Waals surface area contributed by atoms with Gasteiger partial charge >= 0.3 is 0 Å². The molecule has 2 aromatic rings. The maximum atomic E-state index is 12.7. The predicted octanol–water partition coefficient (Wildman–Crippen LogP) is 2.98. The quantitative estimate of drug-likeness (QED) is 0.785. The van der Waals surface area contributed by atoms with Gasteiger partial charge in [0.05, 0.1) is 24.5 Å². The highest BCUT2D eigenvalue weighted by atomic mass is 35.5. The van der Waals surface area contributed by atoms with Crippen LogP contribution in [0.25, 0.3) is 0 Å². The molecule has 1 aliphatic heterocycles. The van der Waals surface area contributed by atoms with Crippen molar-refractivity contribution < 1.29 is 9.78 Å². The summed E-state index contributed by atoms with van der Waals surface area (Å²) in [5, 5.41) is 0.619. The van der Waals surface area contributed by atoms with Crippen molar-refractivity contribution >= 4 is 35.1 Å². The molecule has 1 atom stereocenters. The smallest absolute Gasteiger partial charge is 0.274 e. The van der Waals surface area contributed by atoms with Crippen LogP contribution in [-0.2, 0) is 4.79 Å². The first kappa shape index (κ1) is 17.1. The third kappa shape index (κ3) is 4.22. The molecule has 1 saturated heterocycles. The van der Waals surface area contributed by atoms with E-state index >= 15 is 0 Å². The van der Waals surface area contributed by atoms with Gasteiger partial charge < -0.3 is 4.90 Å². The Kier molecular flexibility index (Phi) is 5.63. The zero-order valence-corrected chi connectivity index (χ0v) is 15.2. The molecule has 24 heavy (non-hydrogen) atoms. The summed E-state index contributed by atoms with van der Waals surface area (Å²) in [5.74, 6) is 1.31. The molecule has 1 amide bonds. The molecule has 1 aromatic heterocycles. The first-order valence-electron chi connectivity index (χ1n) is 8.06. The van der Waals surface area contributed by atoms with Crippen molar-refractivity contribution in [2.45, 2.75) is 17.1 Å². The van der Waals surface area contributed by atoms with E-state index in [-0.39, 0.29) is 11.2 Å². The van der Waals surface area contributed by atoms with Crippen molar-refractivity contribution in [3.63, 3.8) is 0 Å². The zero-order chi connectivity index (χ0) is 16.9. The lowest BCUT2D eigenvalue weighted by Crippen LogP contribution is -2.51. The van der Waals surface area contributed by atoms with Crippen LogP contribution in [0.5, 0.6) is 0 Å². The van der Waals surface area contributed by atoms with Crippen LogP contribution < -0.4 is 9.88 Å². The Morgan fingerprint density at radius 1 is 1.12 bits per heavy atom. The number of pyridine rings is 1. The second-order valence-corrected chi connectivity index (χ2v) is 7.62. The number of carbonyl (C=O) groups is 1. The number of thioether (sulfide) groups is 1. The lowest BCUT2D eigenvalue weighted by atomic mass is 10.2. The average molecular weight is 363 g/mol. The van der Waals surface area contributed by atoms with E-state index in [4.69, 9.17) is 11.6 Å². The summed E-state index contributed by atoms with van der Waals surface area (Å²) in [6.45, 7) is 5.19. The molecular weight excluding hydrogens is 342 g/mol. The Morgan fingerprint density at radius 3 is 2.46 bits per heavy atom. The predicted molar refractivity (Wildman–Crippen MR) is 98.6 cm³/mol. The number of aromatic nitrogens is 1. The number of piperazine rings is 1. The number of anilines is 1.